The van der Waals surface area contributed by atoms with Crippen LogP contribution in [0.1, 0.15) is 5.56 Å². The van der Waals surface area contributed by atoms with Gasteiger partial charge < -0.3 is 11.1 Å². The van der Waals surface area contributed by atoms with Gasteiger partial charge in [0, 0.05) is 31.6 Å². The lowest BCUT2D eigenvalue weighted by Gasteiger charge is -2.11. The number of hydrogen-bond acceptors (Lipinski definition) is 5. The number of benzene rings is 1. The van der Waals surface area contributed by atoms with Crippen molar-refractivity contribution in [1.82, 2.24) is 9.78 Å². The van der Waals surface area contributed by atoms with Crippen LogP contribution in [0, 0.1) is 0 Å². The van der Waals surface area contributed by atoms with Crippen molar-refractivity contribution in [1.29, 1.82) is 0 Å². The molecule has 0 spiro atoms. The number of aromatic nitrogens is 2. The van der Waals surface area contributed by atoms with E-state index in [2.05, 4.69) is 10.4 Å². The van der Waals surface area contributed by atoms with E-state index in [4.69, 9.17) is 5.73 Å². The van der Waals surface area contributed by atoms with E-state index in [9.17, 15) is 8.42 Å². The summed E-state index contributed by atoms with van der Waals surface area (Å²) in [6.07, 6.45) is 4.76. The number of para-hydroxylation sites is 1. The minimum Gasteiger partial charge on any atom is -0.396 e. The lowest BCUT2D eigenvalue weighted by Crippen LogP contribution is -2.07. The van der Waals surface area contributed by atoms with Gasteiger partial charge in [0.25, 0.3) is 0 Å². The molecule has 102 valence electrons. The Bertz CT molecular complexity index is 692. The number of nitrogens with one attached hydrogen (secondary N) is 1. The maximum absolute atomic E-state index is 11.6. The number of aryl methyl sites for hydroxylation is 1. The average Bonchev–Trinajstić information content (AvgIpc) is 2.72. The highest BCUT2D eigenvalue weighted by molar-refractivity contribution is 7.90. The SMILES string of the molecule is Cn1cc(CNc2cccc(S(C)(=O)=O)c2N)cn1. The molecule has 0 saturated carbocycles. The number of sulfone groups is 1. The van der Waals surface area contributed by atoms with E-state index >= 15 is 0 Å². The number of nitrogens with zero attached hydrogens (tertiary/aromatic N) is 2. The fourth-order valence-electron chi connectivity index (χ4n) is 1.78. The molecule has 0 aliphatic carbocycles. The van der Waals surface area contributed by atoms with Gasteiger partial charge in [-0.05, 0) is 12.1 Å². The lowest BCUT2D eigenvalue weighted by atomic mass is 10.2. The fraction of sp³-hybridized carbons (Fsp3) is 0.250. The number of hydrogen-bond donors (Lipinski definition) is 2. The molecule has 0 aliphatic heterocycles. The summed E-state index contributed by atoms with van der Waals surface area (Å²) in [5.74, 6) is 0. The molecule has 2 rings (SSSR count). The third kappa shape index (κ3) is 3.05. The van der Waals surface area contributed by atoms with Crippen LogP contribution in [0.3, 0.4) is 0 Å². The first kappa shape index (κ1) is 13.4. The van der Waals surface area contributed by atoms with Gasteiger partial charge >= 0.3 is 0 Å². The van der Waals surface area contributed by atoms with Crippen molar-refractivity contribution in [3.63, 3.8) is 0 Å². The molecule has 0 atom stereocenters. The Morgan fingerprint density at radius 3 is 2.74 bits per heavy atom. The second kappa shape index (κ2) is 4.93. The van der Waals surface area contributed by atoms with Gasteiger partial charge in [-0.2, -0.15) is 5.10 Å². The lowest BCUT2D eigenvalue weighted by molar-refractivity contribution is 0.602. The number of nitrogen functional groups attached to an aromatic ring is 1. The van der Waals surface area contributed by atoms with Crippen LogP contribution < -0.4 is 11.1 Å². The Hall–Kier alpha value is -2.02. The average molecular weight is 280 g/mol. The molecule has 0 unspecified atom stereocenters. The van der Waals surface area contributed by atoms with Gasteiger partial charge in [-0.15, -0.1) is 0 Å². The molecule has 0 fully saturated rings. The molecule has 0 radical (unpaired) electrons. The Morgan fingerprint density at radius 2 is 2.16 bits per heavy atom. The van der Waals surface area contributed by atoms with Crippen LogP contribution in [0.2, 0.25) is 0 Å². The van der Waals surface area contributed by atoms with Crippen molar-refractivity contribution >= 4 is 21.2 Å². The zero-order valence-corrected chi connectivity index (χ0v) is 11.6. The van der Waals surface area contributed by atoms with Crippen molar-refractivity contribution in [2.75, 3.05) is 17.3 Å². The zero-order chi connectivity index (χ0) is 14.0. The first-order valence-corrected chi connectivity index (χ1v) is 7.57. The monoisotopic (exact) mass is 280 g/mol. The highest BCUT2D eigenvalue weighted by Gasteiger charge is 2.13. The third-order valence-electron chi connectivity index (χ3n) is 2.71. The van der Waals surface area contributed by atoms with Crippen LogP contribution in [0.5, 0.6) is 0 Å². The smallest absolute Gasteiger partial charge is 0.177 e. The molecular weight excluding hydrogens is 264 g/mol. The van der Waals surface area contributed by atoms with Crippen LogP contribution in [-0.4, -0.2) is 24.5 Å². The highest BCUT2D eigenvalue weighted by atomic mass is 32.2. The molecule has 19 heavy (non-hydrogen) atoms. The summed E-state index contributed by atoms with van der Waals surface area (Å²) in [4.78, 5) is 0.142. The molecule has 2 aromatic rings. The summed E-state index contributed by atoms with van der Waals surface area (Å²) >= 11 is 0. The maximum atomic E-state index is 11.6. The molecular formula is C12H16N4O2S. The minimum absolute atomic E-state index is 0.142. The number of nitrogens with two attached hydrogens (primary N) is 1. The molecule has 1 heterocycles. The molecule has 3 N–H and O–H groups in total. The van der Waals surface area contributed by atoms with Gasteiger partial charge in [0.05, 0.1) is 22.5 Å². The third-order valence-corrected chi connectivity index (χ3v) is 3.86. The highest BCUT2D eigenvalue weighted by Crippen LogP contribution is 2.26. The fourth-order valence-corrected chi connectivity index (χ4v) is 2.62. The van der Waals surface area contributed by atoms with Crippen molar-refractivity contribution in [2.45, 2.75) is 11.4 Å². The molecule has 0 bridgehead atoms. The van der Waals surface area contributed by atoms with Gasteiger partial charge in [0.15, 0.2) is 9.84 Å². The summed E-state index contributed by atoms with van der Waals surface area (Å²) in [5, 5.41) is 7.17. The summed E-state index contributed by atoms with van der Waals surface area (Å²) in [6.45, 7) is 0.533. The molecule has 1 aromatic carbocycles. The van der Waals surface area contributed by atoms with E-state index in [0.29, 0.717) is 12.2 Å². The normalized spacial score (nSPS) is 11.5. The topological polar surface area (TPSA) is 90.0 Å². The van der Waals surface area contributed by atoms with Crippen molar-refractivity contribution < 1.29 is 8.42 Å². The van der Waals surface area contributed by atoms with E-state index in [0.717, 1.165) is 11.8 Å². The molecule has 0 amide bonds. The minimum atomic E-state index is -3.32. The quantitative estimate of drug-likeness (QED) is 0.816. The van der Waals surface area contributed by atoms with Crippen molar-refractivity contribution in [3.05, 3.63) is 36.2 Å². The van der Waals surface area contributed by atoms with E-state index in [1.165, 1.54) is 6.07 Å². The van der Waals surface area contributed by atoms with Crippen LogP contribution >= 0.6 is 0 Å². The Balaban J connectivity index is 2.22. The summed E-state index contributed by atoms with van der Waals surface area (Å²) < 4.78 is 24.8. The standard InChI is InChI=1S/C12H16N4O2S/c1-16-8-9(7-15-16)6-14-10-4-3-5-11(12(10)13)19(2,17)18/h3-5,7-8,14H,6,13H2,1-2H3. The number of anilines is 2. The predicted octanol–water partition coefficient (Wildman–Crippen LogP) is 1.02. The van der Waals surface area contributed by atoms with Crippen LogP contribution in [0.25, 0.3) is 0 Å². The molecule has 0 saturated heterocycles. The van der Waals surface area contributed by atoms with Gasteiger partial charge in [0.2, 0.25) is 0 Å². The molecule has 7 heteroatoms. The Labute approximate surface area is 112 Å². The maximum Gasteiger partial charge on any atom is 0.177 e. The van der Waals surface area contributed by atoms with E-state index in [-0.39, 0.29) is 10.6 Å². The second-order valence-electron chi connectivity index (χ2n) is 4.37. The van der Waals surface area contributed by atoms with Gasteiger partial charge in [-0.3, -0.25) is 4.68 Å². The van der Waals surface area contributed by atoms with Crippen molar-refractivity contribution in [3.8, 4) is 0 Å². The van der Waals surface area contributed by atoms with E-state index < -0.39 is 9.84 Å². The Kier molecular flexibility index (Phi) is 3.48. The van der Waals surface area contributed by atoms with Gasteiger partial charge in [-0.25, -0.2) is 8.42 Å². The van der Waals surface area contributed by atoms with Crippen LogP contribution in [0.15, 0.2) is 35.5 Å². The van der Waals surface area contributed by atoms with Crippen LogP contribution in [0.4, 0.5) is 11.4 Å². The first-order valence-electron chi connectivity index (χ1n) is 5.68. The van der Waals surface area contributed by atoms with Crippen LogP contribution in [-0.2, 0) is 23.4 Å². The number of rotatable bonds is 4. The Morgan fingerprint density at radius 1 is 1.42 bits per heavy atom. The molecule has 1 aromatic heterocycles. The van der Waals surface area contributed by atoms with Gasteiger partial charge in [0.1, 0.15) is 0 Å². The van der Waals surface area contributed by atoms with Gasteiger partial charge in [-0.1, -0.05) is 6.07 Å². The van der Waals surface area contributed by atoms with E-state index in [1.54, 1.807) is 23.0 Å². The zero-order valence-electron chi connectivity index (χ0n) is 10.8. The molecule has 6 nitrogen and oxygen atoms in total. The first-order chi connectivity index (χ1) is 8.88. The van der Waals surface area contributed by atoms with E-state index in [1.807, 2.05) is 13.2 Å². The summed E-state index contributed by atoms with van der Waals surface area (Å²) in [7, 11) is -1.48. The second-order valence-corrected chi connectivity index (χ2v) is 6.35. The van der Waals surface area contributed by atoms with Crippen molar-refractivity contribution in [2.24, 2.45) is 7.05 Å². The summed E-state index contributed by atoms with van der Waals surface area (Å²) in [6, 6.07) is 4.92. The predicted molar refractivity (Wildman–Crippen MR) is 74.5 cm³/mol. The summed E-state index contributed by atoms with van der Waals surface area (Å²) in [5.41, 5.74) is 7.72. The molecule has 0 aliphatic rings. The largest absolute Gasteiger partial charge is 0.396 e.